The number of likely N-dealkylation sites (N-methyl/N-ethyl adjacent to an activating group) is 1. The van der Waals surface area contributed by atoms with E-state index < -0.39 is 35.6 Å². The van der Waals surface area contributed by atoms with Crippen LogP contribution in [0, 0.1) is 29.1 Å². The van der Waals surface area contributed by atoms with E-state index in [0.29, 0.717) is 19.6 Å². The highest BCUT2D eigenvalue weighted by atomic mass is 16.5. The predicted molar refractivity (Wildman–Crippen MR) is 197 cm³/mol. The van der Waals surface area contributed by atoms with Crippen molar-refractivity contribution < 1.29 is 28.7 Å². The van der Waals surface area contributed by atoms with Gasteiger partial charge in [0.05, 0.1) is 42.0 Å². The molecule has 2 heterocycles. The Hall–Kier alpha value is -3.02. The smallest absolute Gasteiger partial charge is 0.245 e. The molecule has 0 bridgehead atoms. The number of hydrogen-bond acceptors (Lipinski definition) is 7. The van der Waals surface area contributed by atoms with Crippen molar-refractivity contribution in [2.24, 2.45) is 29.1 Å². The van der Waals surface area contributed by atoms with Crippen LogP contribution in [0.5, 0.6) is 0 Å². The van der Waals surface area contributed by atoms with Gasteiger partial charge in [-0.15, -0.1) is 0 Å². The van der Waals surface area contributed by atoms with Crippen molar-refractivity contribution in [3.8, 4) is 0 Å². The quantitative estimate of drug-likeness (QED) is 0.198. The van der Waals surface area contributed by atoms with E-state index in [-0.39, 0.29) is 53.8 Å². The Kier molecular flexibility index (Phi) is 16.2. The van der Waals surface area contributed by atoms with Gasteiger partial charge in [0, 0.05) is 40.9 Å². The van der Waals surface area contributed by atoms with E-state index in [9.17, 15) is 19.2 Å². The maximum absolute atomic E-state index is 14.1. The highest BCUT2D eigenvalue weighted by molar-refractivity contribution is 5.90. The van der Waals surface area contributed by atoms with Crippen molar-refractivity contribution in [1.82, 2.24) is 25.8 Å². The van der Waals surface area contributed by atoms with Gasteiger partial charge in [0.2, 0.25) is 23.6 Å². The van der Waals surface area contributed by atoms with Crippen molar-refractivity contribution in [3.63, 3.8) is 0 Å². The van der Waals surface area contributed by atoms with E-state index in [4.69, 9.17) is 9.47 Å². The molecular weight excluding hydrogens is 634 g/mol. The van der Waals surface area contributed by atoms with Crippen LogP contribution >= 0.6 is 0 Å². The second kappa shape index (κ2) is 19.6. The summed E-state index contributed by atoms with van der Waals surface area (Å²) in [5.41, 5.74) is -0.560. The maximum Gasteiger partial charge on any atom is 0.245 e. The SMILES string of the molecule is CC[C@H](C)[C@@H]([C@@H](CC(=O)N1CCC[C@H]1[C@H](OC)[C@@H](C)C(=O)NCCC1C=CC=CC=C1)OC)N(C)C(=O)[C@@H](NC(=O)[C@@]1(C)CCNC1)C(C)C. The van der Waals surface area contributed by atoms with Crippen molar-refractivity contribution in [2.45, 2.75) is 110 Å². The number of ether oxygens (including phenoxy) is 2. The highest BCUT2D eigenvalue weighted by Gasteiger charge is 2.44. The first-order valence-electron chi connectivity index (χ1n) is 18.7. The zero-order valence-corrected chi connectivity index (χ0v) is 32.1. The van der Waals surface area contributed by atoms with E-state index in [0.717, 1.165) is 38.6 Å². The van der Waals surface area contributed by atoms with Crippen LogP contribution in [0.2, 0.25) is 0 Å². The monoisotopic (exact) mass is 699 g/mol. The second-order valence-corrected chi connectivity index (χ2v) is 15.2. The molecule has 11 nitrogen and oxygen atoms in total. The summed E-state index contributed by atoms with van der Waals surface area (Å²) >= 11 is 0. The normalized spacial score (nSPS) is 24.4. The summed E-state index contributed by atoms with van der Waals surface area (Å²) in [4.78, 5) is 58.4. The van der Waals surface area contributed by atoms with Gasteiger partial charge >= 0.3 is 0 Å². The van der Waals surface area contributed by atoms with Gasteiger partial charge in [-0.25, -0.2) is 0 Å². The van der Waals surface area contributed by atoms with Gasteiger partial charge in [0.15, 0.2) is 0 Å². The van der Waals surface area contributed by atoms with Gasteiger partial charge < -0.3 is 35.2 Å². The maximum atomic E-state index is 14.1. The average Bonchev–Trinajstić information content (AvgIpc) is 3.69. The number of nitrogens with zero attached hydrogens (tertiary/aromatic N) is 2. The molecule has 3 aliphatic rings. The van der Waals surface area contributed by atoms with Gasteiger partial charge in [0.1, 0.15) is 6.04 Å². The van der Waals surface area contributed by atoms with E-state index in [1.165, 1.54) is 0 Å². The lowest BCUT2D eigenvalue weighted by Gasteiger charge is -2.41. The number of allylic oxidation sites excluding steroid dienone is 6. The molecule has 11 heteroatoms. The minimum atomic E-state index is -0.708. The van der Waals surface area contributed by atoms with Gasteiger partial charge in [0.25, 0.3) is 0 Å². The number of hydrogen-bond donors (Lipinski definition) is 3. The number of carbonyl (C=O) groups excluding carboxylic acids is 4. The largest absolute Gasteiger partial charge is 0.379 e. The Morgan fingerprint density at radius 3 is 2.28 bits per heavy atom. The summed E-state index contributed by atoms with van der Waals surface area (Å²) in [6.07, 6.45) is 15.2. The van der Waals surface area contributed by atoms with Gasteiger partial charge in [-0.05, 0) is 56.9 Å². The minimum Gasteiger partial charge on any atom is -0.379 e. The minimum absolute atomic E-state index is 0.0202. The number of amides is 4. The fraction of sp³-hybridized carbons (Fsp3) is 0.744. The lowest BCUT2D eigenvalue weighted by molar-refractivity contribution is -0.148. The first-order chi connectivity index (χ1) is 23.8. The lowest BCUT2D eigenvalue weighted by Crippen LogP contribution is -2.59. The molecule has 282 valence electrons. The zero-order chi connectivity index (χ0) is 37.0. The molecule has 3 rings (SSSR count). The van der Waals surface area contributed by atoms with Crippen LogP contribution in [-0.2, 0) is 28.7 Å². The molecule has 1 aliphatic carbocycles. The number of nitrogens with one attached hydrogen (secondary N) is 3. The van der Waals surface area contributed by atoms with Crippen molar-refractivity contribution >= 4 is 23.6 Å². The van der Waals surface area contributed by atoms with Crippen LogP contribution in [0.3, 0.4) is 0 Å². The molecule has 4 amide bonds. The van der Waals surface area contributed by atoms with Crippen LogP contribution in [0.25, 0.3) is 0 Å². The first kappa shape index (κ1) is 41.4. The third kappa shape index (κ3) is 10.5. The molecule has 0 aromatic heterocycles. The van der Waals surface area contributed by atoms with E-state index in [1.54, 1.807) is 26.2 Å². The Balaban J connectivity index is 1.70. The van der Waals surface area contributed by atoms with Crippen LogP contribution in [-0.4, -0.2) is 111 Å². The fourth-order valence-corrected chi connectivity index (χ4v) is 7.69. The molecule has 2 fully saturated rings. The van der Waals surface area contributed by atoms with Crippen LogP contribution in [0.1, 0.15) is 80.1 Å². The summed E-state index contributed by atoms with van der Waals surface area (Å²) in [6.45, 7) is 14.3. The Morgan fingerprint density at radius 1 is 1.04 bits per heavy atom. The number of rotatable bonds is 18. The lowest BCUT2D eigenvalue weighted by atomic mass is 9.87. The Bertz CT molecular complexity index is 1210. The first-order valence-corrected chi connectivity index (χ1v) is 18.7. The zero-order valence-electron chi connectivity index (χ0n) is 32.1. The van der Waals surface area contributed by atoms with Crippen molar-refractivity contribution in [1.29, 1.82) is 0 Å². The number of likely N-dealkylation sites (tertiary alicyclic amines) is 1. The average molecular weight is 700 g/mol. The topological polar surface area (TPSA) is 129 Å². The molecule has 2 saturated heterocycles. The summed E-state index contributed by atoms with van der Waals surface area (Å²) in [5, 5.41) is 9.41. The third-order valence-electron chi connectivity index (χ3n) is 11.2. The molecule has 2 aliphatic heterocycles. The van der Waals surface area contributed by atoms with E-state index in [2.05, 4.69) is 41.9 Å². The molecule has 0 spiro atoms. The fourth-order valence-electron chi connectivity index (χ4n) is 7.69. The summed E-state index contributed by atoms with van der Waals surface area (Å²) in [5.74, 6) is -0.797. The third-order valence-corrected chi connectivity index (χ3v) is 11.2. The molecule has 3 N–H and O–H groups in total. The van der Waals surface area contributed by atoms with Gasteiger partial charge in [-0.3, -0.25) is 19.2 Å². The molecule has 8 atom stereocenters. The van der Waals surface area contributed by atoms with Crippen molar-refractivity contribution in [3.05, 3.63) is 36.5 Å². The molecule has 0 aromatic rings. The van der Waals surface area contributed by atoms with E-state index in [1.807, 2.05) is 56.9 Å². The predicted octanol–water partition coefficient (Wildman–Crippen LogP) is 3.85. The molecule has 0 saturated carbocycles. The summed E-state index contributed by atoms with van der Waals surface area (Å²) in [7, 11) is 4.95. The van der Waals surface area contributed by atoms with Crippen molar-refractivity contribution in [2.75, 3.05) is 47.4 Å². The number of methoxy groups -OCH3 is 2. The molecule has 0 radical (unpaired) electrons. The standard InChI is InChI=1S/C39H65N5O6/c1-10-27(4)34(43(7)37(47)33(26(2)3)42-38(48)39(6)20-22-40-25-39)31(49-8)24-32(45)44-23-15-18-30(44)35(50-9)28(5)36(46)41-21-19-29-16-13-11-12-14-17-29/h11-14,16-17,26-31,33-35,40H,10,15,18-25H2,1-9H3,(H,41,46)(H,42,48)/t27-,28+,30-,31+,33-,34-,35+,39-/m0/s1. The van der Waals surface area contributed by atoms with Gasteiger partial charge in [-0.1, -0.05) is 77.5 Å². The number of carbonyl (C=O) groups is 4. The molecular formula is C39H65N5O6. The highest BCUT2D eigenvalue weighted by Crippen LogP contribution is 2.30. The Labute approximate surface area is 301 Å². The summed E-state index contributed by atoms with van der Waals surface area (Å²) in [6, 6.07) is -1.36. The van der Waals surface area contributed by atoms with Gasteiger partial charge in [-0.2, -0.15) is 0 Å². The molecule has 0 aromatic carbocycles. The second-order valence-electron chi connectivity index (χ2n) is 15.2. The van der Waals surface area contributed by atoms with Crippen LogP contribution < -0.4 is 16.0 Å². The van der Waals surface area contributed by atoms with Crippen LogP contribution in [0.4, 0.5) is 0 Å². The summed E-state index contributed by atoms with van der Waals surface area (Å²) < 4.78 is 12.0. The molecule has 50 heavy (non-hydrogen) atoms. The molecule has 0 unspecified atom stereocenters. The Morgan fingerprint density at radius 2 is 1.72 bits per heavy atom. The van der Waals surface area contributed by atoms with Crippen LogP contribution in [0.15, 0.2) is 36.5 Å². The van der Waals surface area contributed by atoms with E-state index >= 15 is 0 Å².